The summed E-state index contributed by atoms with van der Waals surface area (Å²) < 4.78 is 22.7. The van der Waals surface area contributed by atoms with Crippen LogP contribution < -0.4 is 14.2 Å². The molecule has 196 valence electrons. The van der Waals surface area contributed by atoms with Gasteiger partial charge in [-0.25, -0.2) is 4.98 Å². The Morgan fingerprint density at radius 2 is 1.89 bits per heavy atom. The van der Waals surface area contributed by atoms with E-state index in [1.807, 2.05) is 25.1 Å². The third-order valence-corrected chi connectivity index (χ3v) is 8.31. The van der Waals surface area contributed by atoms with E-state index < -0.39 is 0 Å². The van der Waals surface area contributed by atoms with Crippen molar-refractivity contribution >= 4 is 17.3 Å². The number of hydrogen-bond acceptors (Lipinski definition) is 7. The fraction of sp³-hybridized carbons (Fsp3) is 0.467. The lowest BCUT2D eigenvalue weighted by Crippen LogP contribution is -2.08. The molecule has 0 unspecified atom stereocenters. The molecule has 0 amide bonds. The SMILES string of the molecule is CCOC(=O)C[C@@H]1CCc2cc(OCCCOc3ccc(-c4nc5c(s4)CCCC5)cc3OC)ccc21. The standard InChI is InChI=1S/C30H35NO5S/c1-3-34-29(32)19-21-10-9-20-17-23(12-13-24(20)21)35-15-6-16-36-26-14-11-22(18-27(26)33-2)30-31-25-7-4-5-8-28(25)37-30/h11-14,17-18,21H,3-10,15-16,19H2,1-2H3/t21-/m0/s1. The average Bonchev–Trinajstić information content (AvgIpc) is 3.52. The van der Waals surface area contributed by atoms with Gasteiger partial charge in [0.25, 0.3) is 0 Å². The fourth-order valence-corrected chi connectivity index (χ4v) is 6.38. The van der Waals surface area contributed by atoms with Crippen molar-refractivity contribution in [3.63, 3.8) is 0 Å². The van der Waals surface area contributed by atoms with E-state index in [1.54, 1.807) is 18.4 Å². The summed E-state index contributed by atoms with van der Waals surface area (Å²) in [6.07, 6.45) is 7.90. The lowest BCUT2D eigenvalue weighted by molar-refractivity contribution is -0.143. The first-order valence-electron chi connectivity index (χ1n) is 13.4. The Bertz CT molecular complexity index is 1210. The van der Waals surface area contributed by atoms with Gasteiger partial charge in [-0.3, -0.25) is 4.79 Å². The smallest absolute Gasteiger partial charge is 0.306 e. The first kappa shape index (κ1) is 25.6. The average molecular weight is 522 g/mol. The minimum Gasteiger partial charge on any atom is -0.493 e. The van der Waals surface area contributed by atoms with Crippen molar-refractivity contribution < 1.29 is 23.7 Å². The van der Waals surface area contributed by atoms with Gasteiger partial charge in [0.2, 0.25) is 0 Å². The van der Waals surface area contributed by atoms with Gasteiger partial charge in [0.05, 0.1) is 39.0 Å². The largest absolute Gasteiger partial charge is 0.493 e. The summed E-state index contributed by atoms with van der Waals surface area (Å²) in [7, 11) is 1.67. The van der Waals surface area contributed by atoms with E-state index in [2.05, 4.69) is 18.2 Å². The first-order valence-corrected chi connectivity index (χ1v) is 14.2. The molecular weight excluding hydrogens is 486 g/mol. The number of thiazole rings is 1. The number of ether oxygens (including phenoxy) is 4. The van der Waals surface area contributed by atoms with Crippen molar-refractivity contribution in [2.75, 3.05) is 26.9 Å². The zero-order valence-corrected chi connectivity index (χ0v) is 22.5. The number of rotatable bonds is 11. The minimum atomic E-state index is -0.117. The molecule has 0 saturated heterocycles. The summed E-state index contributed by atoms with van der Waals surface area (Å²) in [5, 5.41) is 1.06. The molecule has 2 aliphatic rings. The molecule has 2 aliphatic carbocycles. The van der Waals surface area contributed by atoms with E-state index in [0.717, 1.165) is 59.9 Å². The van der Waals surface area contributed by atoms with Crippen LogP contribution in [0.15, 0.2) is 36.4 Å². The molecule has 0 bridgehead atoms. The Labute approximate surface area is 222 Å². The summed E-state index contributed by atoms with van der Waals surface area (Å²) in [6.45, 7) is 3.38. The predicted octanol–water partition coefficient (Wildman–Crippen LogP) is 6.53. The number of esters is 1. The molecule has 1 atom stereocenters. The third kappa shape index (κ3) is 6.09. The highest BCUT2D eigenvalue weighted by Gasteiger charge is 2.25. The molecule has 0 spiro atoms. The van der Waals surface area contributed by atoms with Crippen molar-refractivity contribution in [2.24, 2.45) is 0 Å². The van der Waals surface area contributed by atoms with Gasteiger partial charge in [-0.05, 0) is 92.8 Å². The maximum atomic E-state index is 11.9. The summed E-state index contributed by atoms with van der Waals surface area (Å²) >= 11 is 1.80. The number of fused-ring (bicyclic) bond motifs is 2. The molecule has 7 heteroatoms. The second kappa shape index (κ2) is 12.0. The molecule has 6 nitrogen and oxygen atoms in total. The van der Waals surface area contributed by atoms with Gasteiger partial charge in [-0.1, -0.05) is 6.07 Å². The van der Waals surface area contributed by atoms with Gasteiger partial charge in [0, 0.05) is 16.9 Å². The van der Waals surface area contributed by atoms with Crippen molar-refractivity contribution in [3.05, 3.63) is 58.1 Å². The molecule has 0 aliphatic heterocycles. The molecule has 1 aromatic heterocycles. The quantitative estimate of drug-likeness (QED) is 0.211. The normalized spacial score (nSPS) is 16.1. The molecule has 0 saturated carbocycles. The Hall–Kier alpha value is -3.06. The Kier molecular flexibility index (Phi) is 8.29. The summed E-state index contributed by atoms with van der Waals surface area (Å²) in [4.78, 5) is 18.2. The van der Waals surface area contributed by atoms with Crippen LogP contribution in [0.25, 0.3) is 10.6 Å². The Balaban J connectivity index is 1.10. The molecule has 0 fully saturated rings. The second-order valence-corrected chi connectivity index (χ2v) is 10.7. The van der Waals surface area contributed by atoms with Gasteiger partial charge in [-0.2, -0.15) is 0 Å². The molecule has 5 rings (SSSR count). The summed E-state index contributed by atoms with van der Waals surface area (Å²) in [6, 6.07) is 12.3. The van der Waals surface area contributed by atoms with E-state index in [4.69, 9.17) is 23.9 Å². The predicted molar refractivity (Wildman–Crippen MR) is 145 cm³/mol. The van der Waals surface area contributed by atoms with Gasteiger partial charge in [-0.15, -0.1) is 11.3 Å². The lowest BCUT2D eigenvalue weighted by Gasteiger charge is -2.13. The van der Waals surface area contributed by atoms with Gasteiger partial charge in [0.15, 0.2) is 11.5 Å². The number of aromatic nitrogens is 1. The van der Waals surface area contributed by atoms with E-state index in [9.17, 15) is 4.79 Å². The maximum absolute atomic E-state index is 11.9. The molecule has 37 heavy (non-hydrogen) atoms. The van der Waals surface area contributed by atoms with Crippen LogP contribution in [-0.4, -0.2) is 37.9 Å². The van der Waals surface area contributed by atoms with Crippen LogP contribution in [0, 0.1) is 0 Å². The van der Waals surface area contributed by atoms with Gasteiger partial charge < -0.3 is 18.9 Å². The number of benzene rings is 2. The highest BCUT2D eigenvalue weighted by atomic mass is 32.1. The maximum Gasteiger partial charge on any atom is 0.306 e. The fourth-order valence-electron chi connectivity index (χ4n) is 5.23. The van der Waals surface area contributed by atoms with Crippen LogP contribution in [0.4, 0.5) is 0 Å². The number of carbonyl (C=O) groups is 1. The lowest BCUT2D eigenvalue weighted by atomic mass is 9.98. The minimum absolute atomic E-state index is 0.117. The number of hydrogen-bond donors (Lipinski definition) is 0. The zero-order valence-electron chi connectivity index (χ0n) is 21.7. The molecule has 1 heterocycles. The van der Waals surface area contributed by atoms with Crippen molar-refractivity contribution in [1.82, 2.24) is 4.98 Å². The van der Waals surface area contributed by atoms with Gasteiger partial charge >= 0.3 is 5.97 Å². The molecule has 0 N–H and O–H groups in total. The van der Waals surface area contributed by atoms with Crippen LogP contribution in [0.3, 0.4) is 0 Å². The van der Waals surface area contributed by atoms with E-state index in [1.165, 1.54) is 34.5 Å². The summed E-state index contributed by atoms with van der Waals surface area (Å²) in [5.74, 6) is 2.46. The molecule has 3 aromatic rings. The number of methoxy groups -OCH3 is 1. The van der Waals surface area contributed by atoms with Crippen LogP contribution in [0.5, 0.6) is 17.2 Å². The summed E-state index contributed by atoms with van der Waals surface area (Å²) in [5.41, 5.74) is 4.87. The number of carbonyl (C=O) groups excluding carboxylic acids is 1. The van der Waals surface area contributed by atoms with E-state index >= 15 is 0 Å². The highest BCUT2D eigenvalue weighted by molar-refractivity contribution is 7.15. The molecule has 2 aromatic carbocycles. The van der Waals surface area contributed by atoms with Crippen molar-refractivity contribution in [1.29, 1.82) is 0 Å². The Morgan fingerprint density at radius 3 is 2.73 bits per heavy atom. The molecule has 0 radical (unpaired) electrons. The van der Waals surface area contributed by atoms with Crippen LogP contribution >= 0.6 is 11.3 Å². The third-order valence-electron chi connectivity index (χ3n) is 7.11. The highest BCUT2D eigenvalue weighted by Crippen LogP contribution is 2.38. The monoisotopic (exact) mass is 521 g/mol. The molecular formula is C30H35NO5S. The topological polar surface area (TPSA) is 66.9 Å². The van der Waals surface area contributed by atoms with Crippen LogP contribution in [0.2, 0.25) is 0 Å². The van der Waals surface area contributed by atoms with E-state index in [-0.39, 0.29) is 11.9 Å². The van der Waals surface area contributed by atoms with Gasteiger partial charge in [0.1, 0.15) is 10.8 Å². The van der Waals surface area contributed by atoms with Crippen LogP contribution in [-0.2, 0) is 28.8 Å². The van der Waals surface area contributed by atoms with Crippen molar-refractivity contribution in [2.45, 2.75) is 64.2 Å². The van der Waals surface area contributed by atoms with Crippen LogP contribution in [0.1, 0.15) is 66.6 Å². The number of aryl methyl sites for hydroxylation is 3. The Morgan fingerprint density at radius 1 is 1.03 bits per heavy atom. The zero-order chi connectivity index (χ0) is 25.6. The van der Waals surface area contributed by atoms with Crippen molar-refractivity contribution in [3.8, 4) is 27.8 Å². The van der Waals surface area contributed by atoms with E-state index in [0.29, 0.717) is 26.2 Å². The number of nitrogens with zero attached hydrogens (tertiary/aromatic N) is 1. The first-order chi connectivity index (χ1) is 18.1. The second-order valence-electron chi connectivity index (χ2n) is 9.62.